The van der Waals surface area contributed by atoms with E-state index in [0.717, 1.165) is 6.42 Å². The summed E-state index contributed by atoms with van der Waals surface area (Å²) in [7, 11) is 0. The Kier molecular flexibility index (Phi) is 2.10. The molecule has 0 saturated carbocycles. The molecule has 0 spiro atoms. The van der Waals surface area contributed by atoms with Crippen LogP contribution >= 0.6 is 0 Å². The van der Waals surface area contributed by atoms with E-state index in [4.69, 9.17) is 4.84 Å². The highest BCUT2D eigenvalue weighted by Crippen LogP contribution is 2.08. The number of hydrogen-bond donors (Lipinski definition) is 1. The fourth-order valence-electron chi connectivity index (χ4n) is 1.27. The van der Waals surface area contributed by atoms with Crippen LogP contribution in [0.2, 0.25) is 0 Å². The Hall–Kier alpha value is -1.28. The predicted molar refractivity (Wildman–Crippen MR) is 47.3 cm³/mol. The maximum atomic E-state index is 5.20. The maximum Gasteiger partial charge on any atom is 0.109 e. The van der Waals surface area contributed by atoms with E-state index in [-0.39, 0.29) is 6.10 Å². The van der Waals surface area contributed by atoms with Crippen molar-refractivity contribution in [1.82, 2.24) is 5.48 Å². The average molecular weight is 161 g/mol. The Balaban J connectivity index is 1.99. The van der Waals surface area contributed by atoms with Crippen molar-refractivity contribution in [2.45, 2.75) is 12.5 Å². The van der Waals surface area contributed by atoms with Gasteiger partial charge < -0.3 is 0 Å². The number of rotatable bonds is 2. The maximum absolute atomic E-state index is 5.20. The predicted octanol–water partition coefficient (Wildman–Crippen LogP) is 1.65. The number of benzene rings is 1. The van der Waals surface area contributed by atoms with Crippen LogP contribution in [0.5, 0.6) is 0 Å². The van der Waals surface area contributed by atoms with Gasteiger partial charge >= 0.3 is 0 Å². The first kappa shape index (κ1) is 7.37. The van der Waals surface area contributed by atoms with E-state index in [2.05, 4.69) is 17.6 Å². The summed E-state index contributed by atoms with van der Waals surface area (Å²) in [6.45, 7) is 0. The number of hydrogen-bond acceptors (Lipinski definition) is 2. The molecule has 12 heavy (non-hydrogen) atoms. The Morgan fingerprint density at radius 3 is 2.75 bits per heavy atom. The van der Waals surface area contributed by atoms with Crippen LogP contribution in [0.1, 0.15) is 5.56 Å². The van der Waals surface area contributed by atoms with Gasteiger partial charge in [-0.25, -0.2) is 0 Å². The highest BCUT2D eigenvalue weighted by atomic mass is 16.7. The molecule has 0 aliphatic carbocycles. The lowest BCUT2D eigenvalue weighted by Gasteiger charge is -2.06. The number of hydroxylamine groups is 1. The molecule has 1 N–H and O–H groups in total. The third-order valence-electron chi connectivity index (χ3n) is 1.88. The zero-order chi connectivity index (χ0) is 8.23. The molecule has 2 heteroatoms. The molecular weight excluding hydrogens is 150 g/mol. The molecule has 1 aromatic carbocycles. The topological polar surface area (TPSA) is 21.3 Å². The summed E-state index contributed by atoms with van der Waals surface area (Å²) in [5, 5.41) is 0. The molecule has 0 radical (unpaired) electrons. The fraction of sp³-hybridized carbons (Fsp3) is 0.200. The van der Waals surface area contributed by atoms with E-state index in [1.54, 1.807) is 0 Å². The van der Waals surface area contributed by atoms with Crippen LogP contribution in [0.15, 0.2) is 42.6 Å². The Morgan fingerprint density at radius 1 is 1.25 bits per heavy atom. The normalized spacial score (nSPS) is 20.8. The van der Waals surface area contributed by atoms with Gasteiger partial charge in [-0.1, -0.05) is 30.3 Å². The van der Waals surface area contributed by atoms with Gasteiger partial charge in [0.15, 0.2) is 0 Å². The molecule has 1 atom stereocenters. The molecule has 0 amide bonds. The van der Waals surface area contributed by atoms with Gasteiger partial charge in [0.25, 0.3) is 0 Å². The van der Waals surface area contributed by atoms with Crippen LogP contribution in [0.3, 0.4) is 0 Å². The molecule has 1 aliphatic rings. The summed E-state index contributed by atoms with van der Waals surface area (Å²) in [4.78, 5) is 5.20. The smallest absolute Gasteiger partial charge is 0.109 e. The molecule has 2 rings (SSSR count). The van der Waals surface area contributed by atoms with Crippen molar-refractivity contribution in [3.63, 3.8) is 0 Å². The van der Waals surface area contributed by atoms with Crippen LogP contribution in [-0.4, -0.2) is 6.10 Å². The second kappa shape index (κ2) is 3.41. The van der Waals surface area contributed by atoms with Crippen molar-refractivity contribution < 1.29 is 4.84 Å². The molecule has 62 valence electrons. The first-order valence-corrected chi connectivity index (χ1v) is 4.07. The minimum Gasteiger partial charge on any atom is -0.274 e. The van der Waals surface area contributed by atoms with Crippen LogP contribution < -0.4 is 5.48 Å². The van der Waals surface area contributed by atoms with Gasteiger partial charge in [-0.2, -0.15) is 0 Å². The summed E-state index contributed by atoms with van der Waals surface area (Å²) >= 11 is 0. The summed E-state index contributed by atoms with van der Waals surface area (Å²) in [5.74, 6) is 0. The van der Waals surface area contributed by atoms with Crippen molar-refractivity contribution in [1.29, 1.82) is 0 Å². The molecule has 0 saturated heterocycles. The third kappa shape index (κ3) is 1.66. The van der Waals surface area contributed by atoms with E-state index in [1.165, 1.54) is 5.56 Å². The van der Waals surface area contributed by atoms with Gasteiger partial charge in [0.1, 0.15) is 6.10 Å². The second-order valence-electron chi connectivity index (χ2n) is 2.82. The van der Waals surface area contributed by atoms with Crippen molar-refractivity contribution in [2.75, 3.05) is 0 Å². The molecule has 0 aromatic heterocycles. The van der Waals surface area contributed by atoms with Crippen LogP contribution in [0.25, 0.3) is 0 Å². The van der Waals surface area contributed by atoms with E-state index in [0.29, 0.717) is 0 Å². The molecule has 2 nitrogen and oxygen atoms in total. The molecule has 1 unspecified atom stereocenters. The van der Waals surface area contributed by atoms with Gasteiger partial charge in [-0.15, -0.1) is 0 Å². The quantitative estimate of drug-likeness (QED) is 0.712. The van der Waals surface area contributed by atoms with E-state index in [9.17, 15) is 0 Å². The molecule has 0 fully saturated rings. The highest BCUT2D eigenvalue weighted by molar-refractivity contribution is 5.17. The zero-order valence-electron chi connectivity index (χ0n) is 6.73. The molecule has 0 bridgehead atoms. The van der Waals surface area contributed by atoms with Crippen molar-refractivity contribution >= 4 is 0 Å². The lowest BCUT2D eigenvalue weighted by Crippen LogP contribution is -2.13. The number of nitrogens with one attached hydrogen (secondary N) is 1. The minimum absolute atomic E-state index is 0.187. The van der Waals surface area contributed by atoms with Crippen molar-refractivity contribution in [2.24, 2.45) is 0 Å². The highest BCUT2D eigenvalue weighted by Gasteiger charge is 2.09. The largest absolute Gasteiger partial charge is 0.274 e. The minimum atomic E-state index is 0.187. The van der Waals surface area contributed by atoms with Gasteiger partial charge in [-0.3, -0.25) is 10.3 Å². The lowest BCUT2D eigenvalue weighted by molar-refractivity contribution is 0.0479. The Labute approximate surface area is 71.8 Å². The first-order chi connectivity index (χ1) is 5.95. The summed E-state index contributed by atoms with van der Waals surface area (Å²) < 4.78 is 0. The van der Waals surface area contributed by atoms with Gasteiger partial charge in [0.2, 0.25) is 0 Å². The van der Waals surface area contributed by atoms with E-state index >= 15 is 0 Å². The SMILES string of the molecule is C1=CC(Cc2ccccc2)ON1. The van der Waals surface area contributed by atoms with E-state index < -0.39 is 0 Å². The summed E-state index contributed by atoms with van der Waals surface area (Å²) in [5.41, 5.74) is 4.01. The van der Waals surface area contributed by atoms with Gasteiger partial charge in [0, 0.05) is 12.6 Å². The molecule has 1 aliphatic heterocycles. The van der Waals surface area contributed by atoms with Crippen LogP contribution in [0.4, 0.5) is 0 Å². The summed E-state index contributed by atoms with van der Waals surface area (Å²) in [6, 6.07) is 10.3. The van der Waals surface area contributed by atoms with Crippen LogP contribution in [-0.2, 0) is 11.3 Å². The van der Waals surface area contributed by atoms with Crippen molar-refractivity contribution in [3.05, 3.63) is 48.2 Å². The molecule has 1 aromatic rings. The lowest BCUT2D eigenvalue weighted by atomic mass is 10.1. The average Bonchev–Trinajstić information content (AvgIpc) is 2.59. The molecule has 1 heterocycles. The first-order valence-electron chi connectivity index (χ1n) is 4.07. The Morgan fingerprint density at radius 2 is 2.08 bits per heavy atom. The van der Waals surface area contributed by atoms with E-state index in [1.807, 2.05) is 30.5 Å². The third-order valence-corrected chi connectivity index (χ3v) is 1.88. The fourth-order valence-corrected chi connectivity index (χ4v) is 1.27. The summed E-state index contributed by atoms with van der Waals surface area (Å²) in [6.07, 6.45) is 4.97. The second-order valence-corrected chi connectivity index (χ2v) is 2.82. The standard InChI is InChI=1S/C10H11NO/c1-2-4-9(5-3-1)8-10-6-7-11-12-10/h1-7,10-11H,8H2. The zero-order valence-corrected chi connectivity index (χ0v) is 6.73. The van der Waals surface area contributed by atoms with Crippen molar-refractivity contribution in [3.8, 4) is 0 Å². The van der Waals surface area contributed by atoms with Crippen LogP contribution in [0, 0.1) is 0 Å². The monoisotopic (exact) mass is 161 g/mol. The van der Waals surface area contributed by atoms with Gasteiger partial charge in [0.05, 0.1) is 0 Å². The Bertz CT molecular complexity index is 268. The molecular formula is C10H11NO. The van der Waals surface area contributed by atoms with Gasteiger partial charge in [-0.05, 0) is 11.6 Å².